The van der Waals surface area contributed by atoms with E-state index in [-0.39, 0.29) is 0 Å². The summed E-state index contributed by atoms with van der Waals surface area (Å²) in [5.41, 5.74) is 2.78. The van der Waals surface area contributed by atoms with Crippen molar-refractivity contribution in [3.8, 4) is 23.2 Å². The molecule has 27 heavy (non-hydrogen) atoms. The van der Waals surface area contributed by atoms with E-state index in [1.165, 1.54) is 12.8 Å². The second-order valence-electron chi connectivity index (χ2n) is 6.90. The van der Waals surface area contributed by atoms with Crippen molar-refractivity contribution in [3.63, 3.8) is 0 Å². The van der Waals surface area contributed by atoms with Gasteiger partial charge in [0.25, 0.3) is 0 Å². The van der Waals surface area contributed by atoms with Gasteiger partial charge in [-0.05, 0) is 75.2 Å². The lowest BCUT2D eigenvalue weighted by Gasteiger charge is -2.22. The molecule has 3 heterocycles. The highest BCUT2D eigenvalue weighted by Crippen LogP contribution is 2.26. The van der Waals surface area contributed by atoms with E-state index in [0.717, 1.165) is 41.6 Å². The number of likely N-dealkylation sites (tertiary alicyclic amines) is 1. The third-order valence-corrected chi connectivity index (χ3v) is 5.11. The molecule has 0 bridgehead atoms. The molecule has 1 saturated heterocycles. The maximum Gasteiger partial charge on any atom is 0.163 e. The van der Waals surface area contributed by atoms with Gasteiger partial charge < -0.3 is 4.57 Å². The van der Waals surface area contributed by atoms with Gasteiger partial charge in [-0.25, -0.2) is 4.98 Å². The molecule has 5 heteroatoms. The van der Waals surface area contributed by atoms with E-state index in [2.05, 4.69) is 55.5 Å². The quantitative estimate of drug-likeness (QED) is 0.674. The molecule has 1 aliphatic heterocycles. The van der Waals surface area contributed by atoms with Gasteiger partial charge in [0.05, 0.1) is 6.04 Å². The lowest BCUT2D eigenvalue weighted by Crippen LogP contribution is -2.25. The zero-order valence-corrected chi connectivity index (χ0v) is 15.8. The summed E-state index contributed by atoms with van der Waals surface area (Å²) in [7, 11) is 2.05. The van der Waals surface area contributed by atoms with Gasteiger partial charge in [0, 0.05) is 24.4 Å². The molecule has 5 nitrogen and oxygen atoms in total. The standard InChI is InChI=1S/C22H23N5/c1-17(27-15-5-6-16-27)21-24-25-22(26(21)2)19-11-8-18(9-12-19)10-13-20-7-3-4-14-23-20/h3-4,7-9,11-12,14,17H,5-6,15-16H2,1-2H3. The summed E-state index contributed by atoms with van der Waals surface area (Å²) in [6, 6.07) is 14.2. The zero-order chi connectivity index (χ0) is 18.6. The van der Waals surface area contributed by atoms with Crippen LogP contribution in [0.15, 0.2) is 48.7 Å². The largest absolute Gasteiger partial charge is 0.313 e. The molecule has 1 aromatic carbocycles. The summed E-state index contributed by atoms with van der Waals surface area (Å²) >= 11 is 0. The molecule has 1 atom stereocenters. The van der Waals surface area contributed by atoms with E-state index < -0.39 is 0 Å². The van der Waals surface area contributed by atoms with Crippen molar-refractivity contribution < 1.29 is 0 Å². The van der Waals surface area contributed by atoms with E-state index in [4.69, 9.17) is 0 Å². The van der Waals surface area contributed by atoms with Crippen molar-refractivity contribution in [1.82, 2.24) is 24.6 Å². The summed E-state index contributed by atoms with van der Waals surface area (Å²) in [6.07, 6.45) is 4.30. The first-order chi connectivity index (χ1) is 13.2. The Labute approximate surface area is 160 Å². The SMILES string of the molecule is CC(c1nnc(-c2ccc(C#Cc3ccccn3)cc2)n1C)N1CCCC1. The van der Waals surface area contributed by atoms with Crippen molar-refractivity contribution >= 4 is 0 Å². The zero-order valence-electron chi connectivity index (χ0n) is 15.8. The predicted molar refractivity (Wildman–Crippen MR) is 106 cm³/mol. The van der Waals surface area contributed by atoms with Crippen LogP contribution >= 0.6 is 0 Å². The lowest BCUT2D eigenvalue weighted by molar-refractivity contribution is 0.249. The monoisotopic (exact) mass is 357 g/mol. The van der Waals surface area contributed by atoms with Crippen LogP contribution in [0.1, 0.15) is 42.9 Å². The number of nitrogens with zero attached hydrogens (tertiary/aromatic N) is 5. The second kappa shape index (κ2) is 7.73. The average molecular weight is 357 g/mol. The Kier molecular flexibility index (Phi) is 4.99. The van der Waals surface area contributed by atoms with Gasteiger partial charge in [0.2, 0.25) is 0 Å². The van der Waals surface area contributed by atoms with Crippen LogP contribution in [0.25, 0.3) is 11.4 Å². The summed E-state index contributed by atoms with van der Waals surface area (Å²) in [5.74, 6) is 8.14. The first kappa shape index (κ1) is 17.4. The molecule has 0 aliphatic carbocycles. The van der Waals surface area contributed by atoms with E-state index >= 15 is 0 Å². The third kappa shape index (κ3) is 3.76. The number of benzene rings is 1. The molecule has 0 N–H and O–H groups in total. The van der Waals surface area contributed by atoms with Crippen LogP contribution in [0, 0.1) is 11.8 Å². The van der Waals surface area contributed by atoms with Crippen LogP contribution in [0.2, 0.25) is 0 Å². The molecule has 0 saturated carbocycles. The van der Waals surface area contributed by atoms with Crippen molar-refractivity contribution in [2.75, 3.05) is 13.1 Å². The first-order valence-electron chi connectivity index (χ1n) is 9.39. The number of hydrogen-bond donors (Lipinski definition) is 0. The minimum absolute atomic E-state index is 0.294. The van der Waals surface area contributed by atoms with Crippen LogP contribution in [0.5, 0.6) is 0 Å². The highest BCUT2D eigenvalue weighted by atomic mass is 15.3. The predicted octanol–water partition coefficient (Wildman–Crippen LogP) is 3.43. The van der Waals surface area contributed by atoms with E-state index in [0.29, 0.717) is 6.04 Å². The second-order valence-corrected chi connectivity index (χ2v) is 6.90. The van der Waals surface area contributed by atoms with E-state index in [1.807, 2.05) is 37.4 Å². The number of hydrogen-bond acceptors (Lipinski definition) is 4. The van der Waals surface area contributed by atoms with Crippen LogP contribution in [-0.2, 0) is 7.05 Å². The molecule has 0 spiro atoms. The molecule has 2 aromatic heterocycles. The topological polar surface area (TPSA) is 46.8 Å². The van der Waals surface area contributed by atoms with Gasteiger partial charge in [-0.2, -0.15) is 0 Å². The molecule has 0 radical (unpaired) electrons. The number of aromatic nitrogens is 4. The van der Waals surface area contributed by atoms with Crippen molar-refractivity contribution in [1.29, 1.82) is 0 Å². The van der Waals surface area contributed by atoms with Gasteiger partial charge in [0.1, 0.15) is 11.5 Å². The van der Waals surface area contributed by atoms with E-state index in [9.17, 15) is 0 Å². The average Bonchev–Trinajstić information content (AvgIpc) is 3.37. The lowest BCUT2D eigenvalue weighted by atomic mass is 10.1. The molecule has 1 fully saturated rings. The third-order valence-electron chi connectivity index (χ3n) is 5.11. The minimum Gasteiger partial charge on any atom is -0.313 e. The molecule has 4 rings (SSSR count). The number of rotatable bonds is 3. The minimum atomic E-state index is 0.294. The molecule has 136 valence electrons. The fourth-order valence-electron chi connectivity index (χ4n) is 3.52. The molecule has 3 aromatic rings. The summed E-state index contributed by atoms with van der Waals surface area (Å²) in [6.45, 7) is 4.51. The Morgan fingerprint density at radius 3 is 2.44 bits per heavy atom. The Morgan fingerprint density at radius 1 is 0.963 bits per heavy atom. The summed E-state index contributed by atoms with van der Waals surface area (Å²) in [5, 5.41) is 8.91. The maximum atomic E-state index is 4.47. The molecular formula is C22H23N5. The van der Waals surface area contributed by atoms with Gasteiger partial charge >= 0.3 is 0 Å². The van der Waals surface area contributed by atoms with Crippen molar-refractivity contribution in [3.05, 3.63) is 65.7 Å². The van der Waals surface area contributed by atoms with Gasteiger partial charge in [-0.3, -0.25) is 4.90 Å². The van der Waals surface area contributed by atoms with Crippen LogP contribution in [0.4, 0.5) is 0 Å². The van der Waals surface area contributed by atoms with Gasteiger partial charge in [-0.1, -0.05) is 12.0 Å². The Bertz CT molecular complexity index is 957. The first-order valence-corrected chi connectivity index (χ1v) is 9.39. The van der Waals surface area contributed by atoms with Crippen LogP contribution in [-0.4, -0.2) is 37.7 Å². The van der Waals surface area contributed by atoms with Crippen LogP contribution in [0.3, 0.4) is 0 Å². The maximum absolute atomic E-state index is 4.47. The molecular weight excluding hydrogens is 334 g/mol. The van der Waals surface area contributed by atoms with Gasteiger partial charge in [0.15, 0.2) is 5.82 Å². The smallest absolute Gasteiger partial charge is 0.163 e. The van der Waals surface area contributed by atoms with Gasteiger partial charge in [-0.15, -0.1) is 10.2 Å². The fourth-order valence-corrected chi connectivity index (χ4v) is 3.52. The van der Waals surface area contributed by atoms with Crippen LogP contribution < -0.4 is 0 Å². The summed E-state index contributed by atoms with van der Waals surface area (Å²) in [4.78, 5) is 6.70. The fraction of sp³-hybridized carbons (Fsp3) is 0.318. The molecule has 0 amide bonds. The summed E-state index contributed by atoms with van der Waals surface area (Å²) < 4.78 is 2.11. The normalized spacial score (nSPS) is 15.3. The van der Waals surface area contributed by atoms with Crippen molar-refractivity contribution in [2.24, 2.45) is 7.05 Å². The van der Waals surface area contributed by atoms with E-state index in [1.54, 1.807) is 6.20 Å². The van der Waals surface area contributed by atoms with Crippen molar-refractivity contribution in [2.45, 2.75) is 25.8 Å². The molecule has 1 aliphatic rings. The highest BCUT2D eigenvalue weighted by molar-refractivity contribution is 5.57. The molecule has 1 unspecified atom stereocenters. The Balaban J connectivity index is 1.53. The number of pyridine rings is 1. The highest BCUT2D eigenvalue weighted by Gasteiger charge is 2.24. The Morgan fingerprint density at radius 2 is 1.74 bits per heavy atom. The Hall–Kier alpha value is -2.97.